The highest BCUT2D eigenvalue weighted by Gasteiger charge is 2.11. The summed E-state index contributed by atoms with van der Waals surface area (Å²) in [6.07, 6.45) is 0.953. The van der Waals surface area contributed by atoms with Gasteiger partial charge in [-0.25, -0.2) is 0 Å². The zero-order valence-electron chi connectivity index (χ0n) is 15.3. The Hall–Kier alpha value is -3.42. The molecule has 1 aromatic heterocycles. The van der Waals surface area contributed by atoms with E-state index in [1.165, 1.54) is 4.80 Å². The summed E-state index contributed by atoms with van der Waals surface area (Å²) in [5.41, 5.74) is 1.39. The fraction of sp³-hybridized carbons (Fsp3) is 0.263. The standard InChI is InChI=1S/C19H21N5O3/c1-3-12-27-15-10-8-14(9-11-15)19-21-23-24(22-19)13-18(25)20-16-6-4-5-7-17(16)26-2/h4-11H,3,12-13H2,1-2H3,(H,20,25). The molecule has 0 spiro atoms. The van der Waals surface area contributed by atoms with Crippen molar-refractivity contribution in [3.8, 4) is 22.9 Å². The number of tetrazole rings is 1. The van der Waals surface area contributed by atoms with Gasteiger partial charge in [-0.15, -0.1) is 10.2 Å². The molecule has 1 amide bonds. The molecule has 2 aromatic carbocycles. The number of para-hydroxylation sites is 2. The van der Waals surface area contributed by atoms with E-state index in [-0.39, 0.29) is 12.5 Å². The molecule has 0 aliphatic carbocycles. The van der Waals surface area contributed by atoms with Crippen LogP contribution in [-0.4, -0.2) is 39.8 Å². The van der Waals surface area contributed by atoms with Gasteiger partial charge in [-0.1, -0.05) is 19.1 Å². The molecule has 3 rings (SSSR count). The third kappa shape index (κ3) is 4.81. The lowest BCUT2D eigenvalue weighted by Gasteiger charge is -2.09. The Bertz CT molecular complexity index is 892. The Kier molecular flexibility index (Phi) is 5.98. The number of benzene rings is 2. The van der Waals surface area contributed by atoms with E-state index in [0.29, 0.717) is 23.9 Å². The van der Waals surface area contributed by atoms with Crippen LogP contribution in [0.2, 0.25) is 0 Å². The fourth-order valence-corrected chi connectivity index (χ4v) is 2.41. The molecule has 27 heavy (non-hydrogen) atoms. The van der Waals surface area contributed by atoms with Gasteiger partial charge in [0.25, 0.3) is 0 Å². The zero-order valence-corrected chi connectivity index (χ0v) is 15.3. The van der Waals surface area contributed by atoms with Crippen LogP contribution in [-0.2, 0) is 11.3 Å². The summed E-state index contributed by atoms with van der Waals surface area (Å²) >= 11 is 0. The smallest absolute Gasteiger partial charge is 0.248 e. The minimum Gasteiger partial charge on any atom is -0.495 e. The van der Waals surface area contributed by atoms with Crippen molar-refractivity contribution >= 4 is 11.6 Å². The first-order valence-electron chi connectivity index (χ1n) is 8.63. The van der Waals surface area contributed by atoms with Gasteiger partial charge in [-0.05, 0) is 48.0 Å². The number of carbonyl (C=O) groups is 1. The molecule has 0 saturated heterocycles. The maximum atomic E-state index is 12.2. The molecule has 0 bridgehead atoms. The SMILES string of the molecule is CCCOc1ccc(-c2nnn(CC(=O)Nc3ccccc3OC)n2)cc1. The number of carbonyl (C=O) groups excluding carboxylic acids is 1. The van der Waals surface area contributed by atoms with E-state index in [0.717, 1.165) is 17.7 Å². The summed E-state index contributed by atoms with van der Waals surface area (Å²) in [5, 5.41) is 15.0. The maximum absolute atomic E-state index is 12.2. The number of amides is 1. The van der Waals surface area contributed by atoms with Crippen molar-refractivity contribution < 1.29 is 14.3 Å². The van der Waals surface area contributed by atoms with Gasteiger partial charge in [0.15, 0.2) is 0 Å². The largest absolute Gasteiger partial charge is 0.495 e. The summed E-state index contributed by atoms with van der Waals surface area (Å²) < 4.78 is 10.8. The predicted molar refractivity (Wildman–Crippen MR) is 101 cm³/mol. The maximum Gasteiger partial charge on any atom is 0.248 e. The van der Waals surface area contributed by atoms with Gasteiger partial charge in [0.1, 0.15) is 18.0 Å². The van der Waals surface area contributed by atoms with Gasteiger partial charge in [0.2, 0.25) is 11.7 Å². The molecule has 0 saturated carbocycles. The van der Waals surface area contributed by atoms with Gasteiger partial charge in [-0.3, -0.25) is 4.79 Å². The lowest BCUT2D eigenvalue weighted by molar-refractivity contribution is -0.117. The Morgan fingerprint density at radius 2 is 1.93 bits per heavy atom. The molecule has 8 heteroatoms. The molecular formula is C19H21N5O3. The second-order valence-corrected chi connectivity index (χ2v) is 5.76. The van der Waals surface area contributed by atoms with Crippen molar-refractivity contribution in [3.05, 3.63) is 48.5 Å². The van der Waals surface area contributed by atoms with Crippen LogP contribution in [0, 0.1) is 0 Å². The average Bonchev–Trinajstić information content (AvgIpc) is 3.15. The van der Waals surface area contributed by atoms with Crippen molar-refractivity contribution in [1.29, 1.82) is 0 Å². The summed E-state index contributed by atoms with van der Waals surface area (Å²) in [6, 6.07) is 14.6. The first-order chi connectivity index (χ1) is 13.2. The van der Waals surface area contributed by atoms with Crippen LogP contribution in [0.1, 0.15) is 13.3 Å². The molecule has 0 fully saturated rings. The Morgan fingerprint density at radius 3 is 2.67 bits per heavy atom. The second kappa shape index (κ2) is 8.79. The third-order valence-electron chi connectivity index (χ3n) is 3.70. The summed E-state index contributed by atoms with van der Waals surface area (Å²) in [7, 11) is 1.55. The van der Waals surface area contributed by atoms with Crippen LogP contribution in [0.5, 0.6) is 11.5 Å². The van der Waals surface area contributed by atoms with Crippen molar-refractivity contribution in [2.75, 3.05) is 19.0 Å². The number of rotatable bonds is 8. The third-order valence-corrected chi connectivity index (χ3v) is 3.70. The molecular weight excluding hydrogens is 346 g/mol. The normalized spacial score (nSPS) is 10.4. The Morgan fingerprint density at radius 1 is 1.15 bits per heavy atom. The Labute approximate surface area is 157 Å². The van der Waals surface area contributed by atoms with E-state index in [1.54, 1.807) is 19.2 Å². The molecule has 1 heterocycles. The van der Waals surface area contributed by atoms with Gasteiger partial charge in [-0.2, -0.15) is 4.80 Å². The first kappa shape index (κ1) is 18.4. The highest BCUT2D eigenvalue weighted by Crippen LogP contribution is 2.23. The van der Waals surface area contributed by atoms with Crippen LogP contribution >= 0.6 is 0 Å². The number of nitrogens with zero attached hydrogens (tertiary/aromatic N) is 4. The molecule has 0 aliphatic rings. The molecule has 1 N–H and O–H groups in total. The van der Waals surface area contributed by atoms with E-state index in [9.17, 15) is 4.79 Å². The summed E-state index contributed by atoms with van der Waals surface area (Å²) in [5.74, 6) is 1.56. The van der Waals surface area contributed by atoms with E-state index < -0.39 is 0 Å². The molecule has 8 nitrogen and oxygen atoms in total. The van der Waals surface area contributed by atoms with Crippen molar-refractivity contribution in [2.45, 2.75) is 19.9 Å². The molecule has 3 aromatic rings. The second-order valence-electron chi connectivity index (χ2n) is 5.76. The lowest BCUT2D eigenvalue weighted by atomic mass is 10.2. The van der Waals surface area contributed by atoms with E-state index in [4.69, 9.17) is 9.47 Å². The average molecular weight is 367 g/mol. The van der Waals surface area contributed by atoms with Gasteiger partial charge < -0.3 is 14.8 Å². The molecule has 0 atom stereocenters. The minimum absolute atomic E-state index is 0.0528. The van der Waals surface area contributed by atoms with Gasteiger partial charge in [0.05, 0.1) is 19.4 Å². The summed E-state index contributed by atoms with van der Waals surface area (Å²) in [4.78, 5) is 13.5. The van der Waals surface area contributed by atoms with Crippen molar-refractivity contribution in [3.63, 3.8) is 0 Å². The monoisotopic (exact) mass is 367 g/mol. The van der Waals surface area contributed by atoms with E-state index in [1.807, 2.05) is 36.4 Å². The van der Waals surface area contributed by atoms with Crippen molar-refractivity contribution in [2.24, 2.45) is 0 Å². The van der Waals surface area contributed by atoms with Gasteiger partial charge in [0, 0.05) is 5.56 Å². The Balaban J connectivity index is 1.62. The number of hydrogen-bond acceptors (Lipinski definition) is 6. The number of hydrogen-bond donors (Lipinski definition) is 1. The number of anilines is 1. The van der Waals surface area contributed by atoms with Crippen molar-refractivity contribution in [1.82, 2.24) is 20.2 Å². The zero-order chi connectivity index (χ0) is 19.1. The lowest BCUT2D eigenvalue weighted by Crippen LogP contribution is -2.20. The number of nitrogens with one attached hydrogen (secondary N) is 1. The highest BCUT2D eigenvalue weighted by atomic mass is 16.5. The minimum atomic E-state index is -0.272. The topological polar surface area (TPSA) is 91.2 Å². The summed E-state index contributed by atoms with van der Waals surface area (Å²) in [6.45, 7) is 2.68. The number of aromatic nitrogens is 4. The number of methoxy groups -OCH3 is 1. The van der Waals surface area contributed by atoms with Crippen LogP contribution in [0.15, 0.2) is 48.5 Å². The predicted octanol–water partition coefficient (Wildman–Crippen LogP) is 2.78. The van der Waals surface area contributed by atoms with Crippen LogP contribution < -0.4 is 14.8 Å². The number of ether oxygens (including phenoxy) is 2. The molecule has 0 radical (unpaired) electrons. The van der Waals surface area contributed by atoms with E-state index in [2.05, 4.69) is 27.7 Å². The van der Waals surface area contributed by atoms with Gasteiger partial charge >= 0.3 is 0 Å². The molecule has 0 unspecified atom stereocenters. The highest BCUT2D eigenvalue weighted by molar-refractivity contribution is 5.91. The van der Waals surface area contributed by atoms with Crippen LogP contribution in [0.3, 0.4) is 0 Å². The quantitative estimate of drug-likeness (QED) is 0.658. The first-order valence-corrected chi connectivity index (χ1v) is 8.63. The van der Waals surface area contributed by atoms with Crippen LogP contribution in [0.25, 0.3) is 11.4 Å². The molecule has 0 aliphatic heterocycles. The molecule has 140 valence electrons. The van der Waals surface area contributed by atoms with Crippen LogP contribution in [0.4, 0.5) is 5.69 Å². The fourth-order valence-electron chi connectivity index (χ4n) is 2.41. The van der Waals surface area contributed by atoms with E-state index >= 15 is 0 Å².